The molecule has 0 aromatic heterocycles. The molecule has 0 aliphatic rings. The predicted molar refractivity (Wildman–Crippen MR) is 54.9 cm³/mol. The molecule has 3 nitrogen and oxygen atoms in total. The highest BCUT2D eigenvalue weighted by molar-refractivity contribution is 7.85. The van der Waals surface area contributed by atoms with Gasteiger partial charge in [-0.25, -0.2) is 4.39 Å². The molecule has 0 radical (unpaired) electrons. The van der Waals surface area contributed by atoms with E-state index in [-0.39, 0.29) is 0 Å². The summed E-state index contributed by atoms with van der Waals surface area (Å²) >= 11 is 0. The van der Waals surface area contributed by atoms with Gasteiger partial charge in [-0.05, 0) is 23.1 Å². The van der Waals surface area contributed by atoms with Crippen LogP contribution in [-0.2, 0) is 15.5 Å². The second-order valence-electron chi connectivity index (χ2n) is 4.37. The molecule has 0 aliphatic carbocycles. The second-order valence-corrected chi connectivity index (χ2v) is 5.79. The fourth-order valence-corrected chi connectivity index (χ4v) is 1.76. The van der Waals surface area contributed by atoms with Gasteiger partial charge >= 0.3 is 0 Å². The van der Waals surface area contributed by atoms with Crippen molar-refractivity contribution >= 4 is 10.1 Å². The molecule has 0 amide bonds. The molecule has 1 rings (SSSR count). The summed E-state index contributed by atoms with van der Waals surface area (Å²) in [7, 11) is -4.33. The summed E-state index contributed by atoms with van der Waals surface area (Å²) in [5.41, 5.74) is 0.0110. The Morgan fingerprint density at radius 3 is 2.13 bits per heavy atom. The molecule has 0 saturated carbocycles. The Hall–Kier alpha value is -0.940. The van der Waals surface area contributed by atoms with Gasteiger partial charge in [0.15, 0.2) is 0 Å². The van der Waals surface area contributed by atoms with Crippen LogP contribution in [0.4, 0.5) is 4.39 Å². The first-order valence-electron chi connectivity index (χ1n) is 4.40. The van der Waals surface area contributed by atoms with Gasteiger partial charge in [0.2, 0.25) is 0 Å². The van der Waals surface area contributed by atoms with Gasteiger partial charge < -0.3 is 0 Å². The second kappa shape index (κ2) is 3.57. The smallest absolute Gasteiger partial charge is 0.282 e. The zero-order valence-corrected chi connectivity index (χ0v) is 9.60. The van der Waals surface area contributed by atoms with Crippen LogP contribution in [0.15, 0.2) is 23.1 Å². The van der Waals surface area contributed by atoms with Crippen LogP contribution < -0.4 is 0 Å². The van der Waals surface area contributed by atoms with Crippen molar-refractivity contribution in [1.82, 2.24) is 0 Å². The molecule has 0 saturated heterocycles. The zero-order valence-electron chi connectivity index (χ0n) is 8.78. The molecule has 0 unspecified atom stereocenters. The third kappa shape index (κ3) is 2.76. The quantitative estimate of drug-likeness (QED) is 0.756. The summed E-state index contributed by atoms with van der Waals surface area (Å²) in [6.07, 6.45) is 0. The maximum absolute atomic E-state index is 13.5. The van der Waals surface area contributed by atoms with Gasteiger partial charge in [0.25, 0.3) is 10.1 Å². The van der Waals surface area contributed by atoms with Crippen molar-refractivity contribution < 1.29 is 17.4 Å². The molecule has 1 N–H and O–H groups in total. The molecule has 0 atom stereocenters. The molecular formula is C10H13FO3S. The number of halogens is 1. The van der Waals surface area contributed by atoms with Crippen molar-refractivity contribution in [2.75, 3.05) is 0 Å². The van der Waals surface area contributed by atoms with Crippen LogP contribution in [0.25, 0.3) is 0 Å². The van der Waals surface area contributed by atoms with Crippen molar-refractivity contribution in [3.63, 3.8) is 0 Å². The molecule has 1 aromatic rings. The van der Waals surface area contributed by atoms with Crippen LogP contribution in [0, 0.1) is 5.82 Å². The summed E-state index contributed by atoms with van der Waals surface area (Å²) in [5.74, 6) is -0.627. The van der Waals surface area contributed by atoms with Crippen LogP contribution >= 0.6 is 0 Å². The standard InChI is InChI=1S/C10H13FO3S/c1-10(2,3)8-5-4-7(6-9(8)11)15(12,13)14/h4-6H,1-3H3,(H,12,13,14). The maximum atomic E-state index is 13.5. The Balaban J connectivity index is 3.34. The Bertz CT molecular complexity index is 472. The van der Waals surface area contributed by atoms with Crippen LogP contribution in [0.3, 0.4) is 0 Å². The average molecular weight is 232 g/mol. The lowest BCUT2D eigenvalue weighted by Gasteiger charge is -2.19. The first kappa shape index (κ1) is 12.1. The Labute approximate surface area is 88.7 Å². The van der Waals surface area contributed by atoms with E-state index in [9.17, 15) is 12.8 Å². The van der Waals surface area contributed by atoms with Crippen molar-refractivity contribution in [2.45, 2.75) is 31.1 Å². The summed E-state index contributed by atoms with van der Waals surface area (Å²) in [6.45, 7) is 5.45. The molecule has 0 aliphatic heterocycles. The maximum Gasteiger partial charge on any atom is 0.294 e. The van der Waals surface area contributed by atoms with E-state index >= 15 is 0 Å². The lowest BCUT2D eigenvalue weighted by atomic mass is 9.87. The fraction of sp³-hybridized carbons (Fsp3) is 0.400. The SMILES string of the molecule is CC(C)(C)c1ccc(S(=O)(=O)O)cc1F. The highest BCUT2D eigenvalue weighted by Gasteiger charge is 2.20. The Kier molecular flexibility index (Phi) is 2.89. The molecule has 0 spiro atoms. The van der Waals surface area contributed by atoms with Crippen molar-refractivity contribution in [3.8, 4) is 0 Å². The molecule has 15 heavy (non-hydrogen) atoms. The van der Waals surface area contributed by atoms with Crippen LogP contribution in [0.5, 0.6) is 0 Å². The molecule has 0 bridgehead atoms. The van der Waals surface area contributed by atoms with Gasteiger partial charge in [-0.15, -0.1) is 0 Å². The lowest BCUT2D eigenvalue weighted by Crippen LogP contribution is -2.14. The van der Waals surface area contributed by atoms with Gasteiger partial charge in [0.1, 0.15) is 5.82 Å². The minimum Gasteiger partial charge on any atom is -0.282 e. The van der Waals surface area contributed by atoms with Gasteiger partial charge in [0.05, 0.1) is 4.90 Å². The van der Waals surface area contributed by atoms with Crippen molar-refractivity contribution in [2.24, 2.45) is 0 Å². The van der Waals surface area contributed by atoms with Crippen molar-refractivity contribution in [3.05, 3.63) is 29.6 Å². The number of hydrogen-bond donors (Lipinski definition) is 1. The summed E-state index contributed by atoms with van der Waals surface area (Å²) in [4.78, 5) is -0.423. The number of benzene rings is 1. The van der Waals surface area contributed by atoms with Gasteiger partial charge in [0, 0.05) is 0 Å². The number of hydrogen-bond acceptors (Lipinski definition) is 2. The normalized spacial score (nSPS) is 12.9. The predicted octanol–water partition coefficient (Wildman–Crippen LogP) is 2.37. The highest BCUT2D eigenvalue weighted by Crippen LogP contribution is 2.26. The van der Waals surface area contributed by atoms with E-state index < -0.39 is 26.2 Å². The minimum absolute atomic E-state index is 0.401. The van der Waals surface area contributed by atoms with Crippen LogP contribution in [-0.4, -0.2) is 13.0 Å². The van der Waals surface area contributed by atoms with E-state index in [0.29, 0.717) is 5.56 Å². The summed E-state index contributed by atoms with van der Waals surface area (Å²) in [5, 5.41) is 0. The molecule has 5 heteroatoms. The third-order valence-corrected chi connectivity index (χ3v) is 2.90. The van der Waals surface area contributed by atoms with Crippen LogP contribution in [0.2, 0.25) is 0 Å². The average Bonchev–Trinajstić information content (AvgIpc) is 1.99. The van der Waals surface area contributed by atoms with E-state index in [1.54, 1.807) is 0 Å². The first-order chi connectivity index (χ1) is 6.62. The Morgan fingerprint density at radius 2 is 1.80 bits per heavy atom. The van der Waals surface area contributed by atoms with E-state index in [1.165, 1.54) is 12.1 Å². The summed E-state index contributed by atoms with van der Waals surface area (Å²) < 4.78 is 43.7. The molecule has 1 aromatic carbocycles. The zero-order chi connectivity index (χ0) is 11.9. The highest BCUT2D eigenvalue weighted by atomic mass is 32.2. The van der Waals surface area contributed by atoms with Gasteiger partial charge in [-0.3, -0.25) is 4.55 Å². The largest absolute Gasteiger partial charge is 0.294 e. The fourth-order valence-electron chi connectivity index (χ4n) is 1.26. The number of rotatable bonds is 1. The first-order valence-corrected chi connectivity index (χ1v) is 5.84. The van der Waals surface area contributed by atoms with E-state index in [1.807, 2.05) is 20.8 Å². The Morgan fingerprint density at radius 1 is 1.27 bits per heavy atom. The van der Waals surface area contributed by atoms with E-state index in [0.717, 1.165) is 6.07 Å². The topological polar surface area (TPSA) is 54.4 Å². The summed E-state index contributed by atoms with van der Waals surface area (Å²) in [6, 6.07) is 3.40. The molecule has 0 fully saturated rings. The van der Waals surface area contributed by atoms with E-state index in [2.05, 4.69) is 0 Å². The van der Waals surface area contributed by atoms with Gasteiger partial charge in [-0.2, -0.15) is 8.42 Å². The lowest BCUT2D eigenvalue weighted by molar-refractivity contribution is 0.479. The minimum atomic E-state index is -4.33. The molecule has 0 heterocycles. The molecule has 84 valence electrons. The van der Waals surface area contributed by atoms with E-state index in [4.69, 9.17) is 4.55 Å². The van der Waals surface area contributed by atoms with Crippen molar-refractivity contribution in [1.29, 1.82) is 0 Å². The monoisotopic (exact) mass is 232 g/mol. The van der Waals surface area contributed by atoms with Crippen LogP contribution in [0.1, 0.15) is 26.3 Å². The third-order valence-electron chi connectivity index (χ3n) is 2.05. The van der Waals surface area contributed by atoms with Gasteiger partial charge in [-0.1, -0.05) is 26.8 Å². The molecular weight excluding hydrogens is 219 g/mol.